The second kappa shape index (κ2) is 9.80. The van der Waals surface area contributed by atoms with E-state index in [-0.39, 0.29) is 23.5 Å². The number of halogens is 3. The molecule has 0 aliphatic rings. The third kappa shape index (κ3) is 4.65. The molecule has 0 saturated heterocycles. The van der Waals surface area contributed by atoms with Crippen LogP contribution in [0, 0.1) is 17.5 Å². The van der Waals surface area contributed by atoms with Crippen LogP contribution in [0.25, 0.3) is 22.3 Å². The molecule has 4 nitrogen and oxygen atoms in total. The van der Waals surface area contributed by atoms with Crippen LogP contribution < -0.4 is 9.47 Å². The molecule has 0 unspecified atom stereocenters. The molecule has 0 atom stereocenters. The Morgan fingerprint density at radius 3 is 2.00 bits per heavy atom. The monoisotopic (exact) mass is 464 g/mol. The van der Waals surface area contributed by atoms with Gasteiger partial charge in [0.15, 0.2) is 23.1 Å². The molecular weight excluding hydrogens is 445 g/mol. The number of esters is 1. The summed E-state index contributed by atoms with van der Waals surface area (Å²) in [5, 5.41) is 9.11. The van der Waals surface area contributed by atoms with E-state index in [0.717, 1.165) is 0 Å². The Morgan fingerprint density at radius 2 is 1.38 bits per heavy atom. The highest BCUT2D eigenvalue weighted by molar-refractivity contribution is 5.91. The average molecular weight is 464 g/mol. The smallest absolute Gasteiger partial charge is 0.343 e. The van der Waals surface area contributed by atoms with E-state index >= 15 is 0 Å². The minimum atomic E-state index is -1.29. The van der Waals surface area contributed by atoms with Crippen LogP contribution in [-0.2, 0) is 6.61 Å². The summed E-state index contributed by atoms with van der Waals surface area (Å²) in [6, 6.07) is 19.4. The predicted octanol–water partition coefficient (Wildman–Crippen LogP) is 6.16. The van der Waals surface area contributed by atoms with Gasteiger partial charge in [0, 0.05) is 5.56 Å². The molecule has 0 bridgehead atoms. The van der Waals surface area contributed by atoms with Gasteiger partial charge in [-0.1, -0.05) is 42.5 Å². The lowest BCUT2D eigenvalue weighted by Gasteiger charge is -2.10. The Balaban J connectivity index is 1.52. The first-order chi connectivity index (χ1) is 16.4. The van der Waals surface area contributed by atoms with Crippen molar-refractivity contribution in [2.24, 2.45) is 0 Å². The van der Waals surface area contributed by atoms with Gasteiger partial charge in [0.25, 0.3) is 0 Å². The van der Waals surface area contributed by atoms with Crippen LogP contribution >= 0.6 is 0 Å². The van der Waals surface area contributed by atoms with Crippen LogP contribution in [0.1, 0.15) is 15.9 Å². The number of carbonyl (C=O) groups excluding carboxylic acids is 1. The number of methoxy groups -OCH3 is 1. The summed E-state index contributed by atoms with van der Waals surface area (Å²) < 4.78 is 53.2. The summed E-state index contributed by atoms with van der Waals surface area (Å²) in [5.41, 5.74) is 2.38. The quantitative estimate of drug-likeness (QED) is 0.274. The molecule has 0 amide bonds. The van der Waals surface area contributed by atoms with Gasteiger partial charge >= 0.3 is 5.97 Å². The van der Waals surface area contributed by atoms with Gasteiger partial charge in [-0.05, 0) is 58.7 Å². The standard InChI is InChI=1S/C27H19F3O4/c1-33-23-12-10-20(14-22(23)28)17-6-8-19(9-7-17)27(32)34-24-13-11-21(25(29)26(24)30)18-4-2-16(15-31)3-5-18/h2-14,31H,15H2,1H3. The predicted molar refractivity (Wildman–Crippen MR) is 121 cm³/mol. The van der Waals surface area contributed by atoms with E-state index in [0.29, 0.717) is 22.3 Å². The Bertz CT molecular complexity index is 1330. The average Bonchev–Trinajstić information content (AvgIpc) is 2.87. The molecule has 4 aromatic rings. The van der Waals surface area contributed by atoms with Crippen molar-refractivity contribution in [3.63, 3.8) is 0 Å². The minimum absolute atomic E-state index is 0.00198. The number of hydrogen-bond donors (Lipinski definition) is 1. The maximum atomic E-state index is 14.7. The largest absolute Gasteiger partial charge is 0.494 e. The fraction of sp³-hybridized carbons (Fsp3) is 0.0741. The highest BCUT2D eigenvalue weighted by Crippen LogP contribution is 2.31. The topological polar surface area (TPSA) is 55.8 Å². The Kier molecular flexibility index (Phi) is 6.65. The fourth-order valence-electron chi connectivity index (χ4n) is 3.43. The zero-order valence-electron chi connectivity index (χ0n) is 18.0. The first-order valence-corrected chi connectivity index (χ1v) is 10.3. The normalized spacial score (nSPS) is 10.7. The lowest BCUT2D eigenvalue weighted by molar-refractivity contribution is 0.0726. The summed E-state index contributed by atoms with van der Waals surface area (Å²) in [6.07, 6.45) is 0. The number of carbonyl (C=O) groups is 1. The van der Waals surface area contributed by atoms with Gasteiger partial charge in [0.05, 0.1) is 19.3 Å². The van der Waals surface area contributed by atoms with Gasteiger partial charge in [0.1, 0.15) is 0 Å². The molecule has 0 radical (unpaired) electrons. The van der Waals surface area contributed by atoms with Gasteiger partial charge in [-0.2, -0.15) is 4.39 Å². The SMILES string of the molecule is COc1ccc(-c2ccc(C(=O)Oc3ccc(-c4ccc(CO)cc4)c(F)c3F)cc2)cc1F. The molecule has 0 spiro atoms. The fourth-order valence-corrected chi connectivity index (χ4v) is 3.43. The molecule has 7 heteroatoms. The summed E-state index contributed by atoms with van der Waals surface area (Å²) in [6.45, 7) is -0.163. The highest BCUT2D eigenvalue weighted by atomic mass is 19.2. The van der Waals surface area contributed by atoms with Crippen LogP contribution in [-0.4, -0.2) is 18.2 Å². The minimum Gasteiger partial charge on any atom is -0.494 e. The molecule has 172 valence electrons. The lowest BCUT2D eigenvalue weighted by Crippen LogP contribution is -2.10. The number of ether oxygens (including phenoxy) is 2. The van der Waals surface area contributed by atoms with E-state index in [2.05, 4.69) is 0 Å². The van der Waals surface area contributed by atoms with Gasteiger partial charge in [-0.25, -0.2) is 13.6 Å². The van der Waals surface area contributed by atoms with Crippen molar-refractivity contribution in [2.75, 3.05) is 7.11 Å². The zero-order chi connectivity index (χ0) is 24.2. The van der Waals surface area contributed by atoms with Crippen molar-refractivity contribution >= 4 is 5.97 Å². The third-order valence-corrected chi connectivity index (χ3v) is 5.30. The number of rotatable bonds is 6. The highest BCUT2D eigenvalue weighted by Gasteiger charge is 2.19. The number of hydrogen-bond acceptors (Lipinski definition) is 4. The molecular formula is C27H19F3O4. The van der Waals surface area contributed by atoms with E-state index in [1.165, 1.54) is 43.5 Å². The van der Waals surface area contributed by atoms with Gasteiger partial charge in [-0.3, -0.25) is 0 Å². The molecule has 0 fully saturated rings. The Labute approximate surface area is 193 Å². The van der Waals surface area contributed by atoms with Crippen molar-refractivity contribution in [1.29, 1.82) is 0 Å². The summed E-state index contributed by atoms with van der Waals surface area (Å²) in [7, 11) is 1.37. The van der Waals surface area contributed by atoms with E-state index in [1.807, 2.05) is 0 Å². The summed E-state index contributed by atoms with van der Waals surface area (Å²) >= 11 is 0. The van der Waals surface area contributed by atoms with Crippen LogP contribution in [0.4, 0.5) is 13.2 Å². The number of aliphatic hydroxyl groups is 1. The molecule has 1 N–H and O–H groups in total. The van der Waals surface area contributed by atoms with E-state index in [9.17, 15) is 18.0 Å². The first-order valence-electron chi connectivity index (χ1n) is 10.3. The van der Waals surface area contributed by atoms with Gasteiger partial charge < -0.3 is 14.6 Å². The van der Waals surface area contributed by atoms with E-state index in [4.69, 9.17) is 14.6 Å². The maximum Gasteiger partial charge on any atom is 0.343 e. The number of benzene rings is 4. The van der Waals surface area contributed by atoms with Crippen LogP contribution in [0.3, 0.4) is 0 Å². The summed E-state index contributed by atoms with van der Waals surface area (Å²) in [5.74, 6) is -4.26. The van der Waals surface area contributed by atoms with Crippen molar-refractivity contribution < 1.29 is 32.5 Å². The summed E-state index contributed by atoms with van der Waals surface area (Å²) in [4.78, 5) is 12.5. The molecule has 0 aliphatic heterocycles. The Morgan fingerprint density at radius 1 is 0.765 bits per heavy atom. The van der Waals surface area contributed by atoms with Gasteiger partial charge in [-0.15, -0.1) is 0 Å². The van der Waals surface area contributed by atoms with Crippen molar-refractivity contribution in [1.82, 2.24) is 0 Å². The molecule has 4 rings (SSSR count). The van der Waals surface area contributed by atoms with Gasteiger partial charge in [0.2, 0.25) is 5.82 Å². The van der Waals surface area contributed by atoms with E-state index in [1.54, 1.807) is 42.5 Å². The van der Waals surface area contributed by atoms with Crippen molar-refractivity contribution in [2.45, 2.75) is 6.61 Å². The lowest BCUT2D eigenvalue weighted by atomic mass is 10.0. The third-order valence-electron chi connectivity index (χ3n) is 5.30. The molecule has 34 heavy (non-hydrogen) atoms. The van der Waals surface area contributed by atoms with Crippen molar-refractivity contribution in [3.05, 3.63) is 107 Å². The number of aliphatic hydroxyl groups excluding tert-OH is 1. The second-order valence-corrected chi connectivity index (χ2v) is 7.41. The van der Waals surface area contributed by atoms with Crippen LogP contribution in [0.5, 0.6) is 11.5 Å². The van der Waals surface area contributed by atoms with E-state index < -0.39 is 29.2 Å². The Hall–Kier alpha value is -4.10. The molecule has 0 heterocycles. The van der Waals surface area contributed by atoms with Crippen LogP contribution in [0.2, 0.25) is 0 Å². The molecule has 4 aromatic carbocycles. The zero-order valence-corrected chi connectivity index (χ0v) is 18.0. The molecule has 0 saturated carbocycles. The first kappa shape index (κ1) is 23.1. The molecule has 0 aromatic heterocycles. The maximum absolute atomic E-state index is 14.7. The second-order valence-electron chi connectivity index (χ2n) is 7.41. The molecule has 0 aliphatic carbocycles. The van der Waals surface area contributed by atoms with Crippen LogP contribution in [0.15, 0.2) is 78.9 Å². The van der Waals surface area contributed by atoms with Crippen molar-refractivity contribution in [3.8, 4) is 33.8 Å².